The molecule has 0 unspecified atom stereocenters. The molecule has 1 aromatic rings. The summed E-state index contributed by atoms with van der Waals surface area (Å²) in [6.45, 7) is 3.42. The zero-order chi connectivity index (χ0) is 12.3. The lowest BCUT2D eigenvalue weighted by atomic mass is 9.93. The standard InChI is InChI=1S/C11H12BNO3/c1-7-4-11(13(15)16)8(2)3-9(7)5-10(14)6-12/h3-4H,5-6H2,1-2H3. The molecule has 0 aliphatic rings. The van der Waals surface area contributed by atoms with E-state index in [0.29, 0.717) is 5.56 Å². The summed E-state index contributed by atoms with van der Waals surface area (Å²) in [5.74, 6) is -0.0728. The highest BCUT2D eigenvalue weighted by Gasteiger charge is 2.14. The predicted octanol–water partition coefficient (Wildman–Crippen LogP) is 1.91. The number of ketones is 1. The average Bonchev–Trinajstić information content (AvgIpc) is 2.22. The number of Topliss-reactive ketones (excluding diaryl/α,β-unsaturated/α-hetero) is 1. The number of carbonyl (C=O) groups is 1. The van der Waals surface area contributed by atoms with Crippen molar-refractivity contribution in [2.75, 3.05) is 0 Å². The number of nitro groups is 1. The van der Waals surface area contributed by atoms with E-state index >= 15 is 0 Å². The van der Waals surface area contributed by atoms with E-state index in [-0.39, 0.29) is 24.2 Å². The van der Waals surface area contributed by atoms with Gasteiger partial charge in [-0.1, -0.05) is 0 Å². The Kier molecular flexibility index (Phi) is 3.82. The molecular weight excluding hydrogens is 205 g/mol. The first-order valence-electron chi connectivity index (χ1n) is 4.92. The quantitative estimate of drug-likeness (QED) is 0.439. The normalized spacial score (nSPS) is 10.1. The Bertz CT molecular complexity index is 443. The molecule has 82 valence electrons. The molecule has 0 spiro atoms. The smallest absolute Gasteiger partial charge is 0.272 e. The summed E-state index contributed by atoms with van der Waals surface area (Å²) in [6, 6.07) is 3.18. The molecule has 16 heavy (non-hydrogen) atoms. The van der Waals surface area contributed by atoms with Crippen molar-refractivity contribution in [2.24, 2.45) is 0 Å². The molecule has 0 saturated carbocycles. The van der Waals surface area contributed by atoms with Gasteiger partial charge in [-0.2, -0.15) is 0 Å². The molecule has 0 aliphatic carbocycles. The zero-order valence-electron chi connectivity index (χ0n) is 9.32. The monoisotopic (exact) mass is 217 g/mol. The van der Waals surface area contributed by atoms with Gasteiger partial charge in [-0.15, -0.1) is 0 Å². The van der Waals surface area contributed by atoms with E-state index in [0.717, 1.165) is 11.1 Å². The van der Waals surface area contributed by atoms with Crippen molar-refractivity contribution >= 4 is 19.3 Å². The van der Waals surface area contributed by atoms with Gasteiger partial charge in [0.25, 0.3) is 5.69 Å². The van der Waals surface area contributed by atoms with Crippen molar-refractivity contribution in [3.63, 3.8) is 0 Å². The lowest BCUT2D eigenvalue weighted by molar-refractivity contribution is -0.385. The van der Waals surface area contributed by atoms with Crippen molar-refractivity contribution < 1.29 is 9.72 Å². The molecule has 5 heteroatoms. The number of carbonyl (C=O) groups excluding carboxylic acids is 1. The van der Waals surface area contributed by atoms with Crippen LogP contribution in [0.4, 0.5) is 5.69 Å². The van der Waals surface area contributed by atoms with Gasteiger partial charge in [-0.05, 0) is 37.4 Å². The molecule has 0 fully saturated rings. The molecule has 0 saturated heterocycles. The van der Waals surface area contributed by atoms with Crippen LogP contribution in [-0.4, -0.2) is 18.6 Å². The van der Waals surface area contributed by atoms with E-state index < -0.39 is 4.92 Å². The maximum atomic E-state index is 11.2. The maximum absolute atomic E-state index is 11.2. The third-order valence-corrected chi connectivity index (χ3v) is 2.47. The Labute approximate surface area is 95.2 Å². The Balaban J connectivity index is 3.10. The number of nitrogens with zero attached hydrogens (tertiary/aromatic N) is 1. The number of benzene rings is 1. The lowest BCUT2D eigenvalue weighted by Crippen LogP contribution is -2.04. The third-order valence-electron chi connectivity index (χ3n) is 2.47. The largest absolute Gasteiger partial charge is 0.300 e. The predicted molar refractivity (Wildman–Crippen MR) is 61.8 cm³/mol. The fourth-order valence-electron chi connectivity index (χ4n) is 1.53. The van der Waals surface area contributed by atoms with E-state index in [9.17, 15) is 14.9 Å². The molecular formula is C11H12BNO3. The molecule has 0 bridgehead atoms. The van der Waals surface area contributed by atoms with Crippen LogP contribution in [0.2, 0.25) is 6.32 Å². The first kappa shape index (κ1) is 12.4. The number of nitro benzene ring substituents is 1. The molecule has 0 atom stereocenters. The Morgan fingerprint density at radius 1 is 1.38 bits per heavy atom. The summed E-state index contributed by atoms with van der Waals surface area (Å²) in [5, 5.41) is 10.7. The van der Waals surface area contributed by atoms with Gasteiger partial charge in [0.15, 0.2) is 0 Å². The molecule has 4 nitrogen and oxygen atoms in total. The van der Waals surface area contributed by atoms with Crippen molar-refractivity contribution in [3.05, 3.63) is 38.9 Å². The van der Waals surface area contributed by atoms with Crippen LogP contribution in [0.1, 0.15) is 16.7 Å². The summed E-state index contributed by atoms with van der Waals surface area (Å²) in [7, 11) is 5.23. The van der Waals surface area contributed by atoms with Crippen molar-refractivity contribution in [2.45, 2.75) is 26.6 Å². The zero-order valence-corrected chi connectivity index (χ0v) is 9.32. The topological polar surface area (TPSA) is 60.2 Å². The molecule has 1 rings (SSSR count). The number of aryl methyl sites for hydroxylation is 2. The highest BCUT2D eigenvalue weighted by Crippen LogP contribution is 2.23. The summed E-state index contributed by atoms with van der Waals surface area (Å²) in [5.41, 5.74) is 2.20. The fraction of sp³-hybridized carbons (Fsp3) is 0.364. The SMILES string of the molecule is [B]CC(=O)Cc1cc(C)c([N+](=O)[O-])cc1C. The summed E-state index contributed by atoms with van der Waals surface area (Å²) in [4.78, 5) is 21.5. The van der Waals surface area contributed by atoms with Crippen LogP contribution >= 0.6 is 0 Å². The summed E-state index contributed by atoms with van der Waals surface area (Å²) >= 11 is 0. The fourth-order valence-corrected chi connectivity index (χ4v) is 1.53. The van der Waals surface area contributed by atoms with Crippen LogP contribution in [0.15, 0.2) is 12.1 Å². The maximum Gasteiger partial charge on any atom is 0.272 e. The van der Waals surface area contributed by atoms with Crippen molar-refractivity contribution in [3.8, 4) is 0 Å². The van der Waals surface area contributed by atoms with E-state index in [1.165, 1.54) is 6.07 Å². The van der Waals surface area contributed by atoms with Gasteiger partial charge < -0.3 is 4.79 Å². The molecule has 0 amide bonds. The second kappa shape index (κ2) is 4.92. The molecule has 1 aromatic carbocycles. The minimum absolute atomic E-state index is 0.00449. The van der Waals surface area contributed by atoms with Crippen LogP contribution in [0.25, 0.3) is 0 Å². The van der Waals surface area contributed by atoms with Gasteiger partial charge in [0.05, 0.1) is 12.8 Å². The van der Waals surface area contributed by atoms with E-state index in [1.807, 2.05) is 0 Å². The first-order chi connectivity index (χ1) is 7.45. The van der Waals surface area contributed by atoms with Gasteiger partial charge in [-0.25, -0.2) is 0 Å². The first-order valence-corrected chi connectivity index (χ1v) is 4.92. The van der Waals surface area contributed by atoms with Crippen molar-refractivity contribution in [1.82, 2.24) is 0 Å². The van der Waals surface area contributed by atoms with E-state index in [4.69, 9.17) is 7.85 Å². The molecule has 0 N–H and O–H groups in total. The van der Waals surface area contributed by atoms with Crippen LogP contribution in [-0.2, 0) is 11.2 Å². The van der Waals surface area contributed by atoms with Crippen molar-refractivity contribution in [1.29, 1.82) is 0 Å². The van der Waals surface area contributed by atoms with Gasteiger partial charge >= 0.3 is 0 Å². The van der Waals surface area contributed by atoms with E-state index in [2.05, 4.69) is 0 Å². The second-order valence-corrected chi connectivity index (χ2v) is 3.74. The van der Waals surface area contributed by atoms with E-state index in [1.54, 1.807) is 19.9 Å². The number of hydrogen-bond acceptors (Lipinski definition) is 3. The molecule has 0 heterocycles. The molecule has 0 aromatic heterocycles. The van der Waals surface area contributed by atoms with Gasteiger partial charge in [0.2, 0.25) is 0 Å². The molecule has 2 radical (unpaired) electrons. The minimum Gasteiger partial charge on any atom is -0.300 e. The Morgan fingerprint density at radius 2 is 2.00 bits per heavy atom. The highest BCUT2D eigenvalue weighted by atomic mass is 16.6. The second-order valence-electron chi connectivity index (χ2n) is 3.74. The van der Waals surface area contributed by atoms with Crippen LogP contribution in [0.5, 0.6) is 0 Å². The Hall–Kier alpha value is -1.65. The van der Waals surface area contributed by atoms with Gasteiger partial charge in [-0.3, -0.25) is 10.1 Å². The number of rotatable bonds is 4. The van der Waals surface area contributed by atoms with Crippen LogP contribution < -0.4 is 0 Å². The lowest BCUT2D eigenvalue weighted by Gasteiger charge is -2.06. The average molecular weight is 217 g/mol. The summed E-state index contributed by atoms with van der Waals surface area (Å²) in [6.07, 6.45) is 0.233. The minimum atomic E-state index is -0.420. The third kappa shape index (κ3) is 2.69. The highest BCUT2D eigenvalue weighted by molar-refractivity contribution is 6.20. The van der Waals surface area contributed by atoms with Gasteiger partial charge in [0.1, 0.15) is 5.78 Å². The number of hydrogen-bond donors (Lipinski definition) is 0. The molecule has 0 aliphatic heterocycles. The Morgan fingerprint density at radius 3 is 2.50 bits per heavy atom. The summed E-state index contributed by atoms with van der Waals surface area (Å²) < 4.78 is 0. The van der Waals surface area contributed by atoms with Gasteiger partial charge in [0, 0.05) is 18.1 Å². The van der Waals surface area contributed by atoms with Crippen LogP contribution in [0.3, 0.4) is 0 Å². The van der Waals surface area contributed by atoms with Crippen LogP contribution in [0, 0.1) is 24.0 Å².